The van der Waals surface area contributed by atoms with Gasteiger partial charge < -0.3 is 4.90 Å². The molecule has 1 saturated heterocycles. The molecule has 0 aromatic heterocycles. The summed E-state index contributed by atoms with van der Waals surface area (Å²) in [5.74, 6) is 0.539. The second kappa shape index (κ2) is 6.70. The molecule has 1 aliphatic rings. The predicted octanol–water partition coefficient (Wildman–Crippen LogP) is 4.07. The van der Waals surface area contributed by atoms with Crippen molar-refractivity contribution in [2.24, 2.45) is 0 Å². The highest BCUT2D eigenvalue weighted by molar-refractivity contribution is 5.28. The quantitative estimate of drug-likeness (QED) is 0.771. The van der Waals surface area contributed by atoms with Gasteiger partial charge in [-0.25, -0.2) is 8.78 Å². The summed E-state index contributed by atoms with van der Waals surface area (Å²) in [7, 11) is 0. The molecular weight excluding hydrogens is 220 g/mol. The Morgan fingerprint density at radius 3 is 2.12 bits per heavy atom. The van der Waals surface area contributed by atoms with Crippen molar-refractivity contribution in [2.45, 2.75) is 33.1 Å². The number of likely N-dealkylation sites (tertiary alicyclic amines) is 1. The lowest BCUT2D eigenvalue weighted by molar-refractivity contribution is 0.150. The highest BCUT2D eigenvalue weighted by Crippen LogP contribution is 2.28. The first-order valence-electron chi connectivity index (χ1n) is 6.31. The minimum absolute atomic E-state index is 0.116. The van der Waals surface area contributed by atoms with E-state index < -0.39 is 6.43 Å². The minimum Gasteiger partial charge on any atom is -0.302 e. The summed E-state index contributed by atoms with van der Waals surface area (Å²) in [6, 6.07) is 6.74. The third kappa shape index (κ3) is 3.50. The van der Waals surface area contributed by atoms with Crippen molar-refractivity contribution in [1.29, 1.82) is 0 Å². The van der Waals surface area contributed by atoms with Crippen LogP contribution >= 0.6 is 0 Å². The van der Waals surface area contributed by atoms with Gasteiger partial charge in [-0.05, 0) is 12.1 Å². The van der Waals surface area contributed by atoms with Gasteiger partial charge in [0.25, 0.3) is 6.43 Å². The Morgan fingerprint density at radius 2 is 1.71 bits per heavy atom. The molecule has 0 amide bonds. The van der Waals surface area contributed by atoms with Crippen molar-refractivity contribution in [2.75, 3.05) is 19.6 Å². The van der Waals surface area contributed by atoms with Crippen LogP contribution in [0.1, 0.15) is 44.2 Å². The first-order chi connectivity index (χ1) is 8.20. The summed E-state index contributed by atoms with van der Waals surface area (Å²) < 4.78 is 24.6. The molecule has 17 heavy (non-hydrogen) atoms. The molecule has 0 radical (unpaired) electrons. The number of nitrogens with zero attached hydrogens (tertiary/aromatic N) is 1. The van der Waals surface area contributed by atoms with Gasteiger partial charge in [0.15, 0.2) is 0 Å². The van der Waals surface area contributed by atoms with E-state index in [0.29, 0.717) is 5.92 Å². The van der Waals surface area contributed by atoms with E-state index >= 15 is 0 Å². The molecule has 3 heteroatoms. The van der Waals surface area contributed by atoms with E-state index in [9.17, 15) is 8.78 Å². The fourth-order valence-electron chi connectivity index (χ4n) is 1.95. The number of benzene rings is 1. The van der Waals surface area contributed by atoms with Crippen LogP contribution in [0.3, 0.4) is 0 Å². The summed E-state index contributed by atoms with van der Waals surface area (Å²) in [4.78, 5) is 2.34. The maximum atomic E-state index is 12.3. The molecule has 0 aliphatic carbocycles. The molecule has 1 nitrogen and oxygen atoms in total. The average Bonchev–Trinajstić information content (AvgIpc) is 2.31. The fraction of sp³-hybridized carbons (Fsp3) is 0.571. The van der Waals surface area contributed by atoms with Crippen molar-refractivity contribution in [3.05, 3.63) is 35.4 Å². The summed E-state index contributed by atoms with van der Waals surface area (Å²) in [6.45, 7) is 9.33. The van der Waals surface area contributed by atoms with E-state index in [-0.39, 0.29) is 5.56 Å². The fourth-order valence-corrected chi connectivity index (χ4v) is 1.95. The van der Waals surface area contributed by atoms with Gasteiger partial charge in [0.05, 0.1) is 0 Å². The lowest BCUT2D eigenvalue weighted by Gasteiger charge is -2.38. The molecule has 1 aromatic rings. The van der Waals surface area contributed by atoms with Crippen LogP contribution in [0.5, 0.6) is 0 Å². The highest BCUT2D eigenvalue weighted by atomic mass is 19.3. The second-order valence-electron chi connectivity index (χ2n) is 4.02. The molecule has 0 saturated carbocycles. The molecule has 0 spiro atoms. The Bertz CT molecular complexity index is 315. The summed E-state index contributed by atoms with van der Waals surface area (Å²) in [6.07, 6.45) is -2.35. The second-order valence-corrected chi connectivity index (χ2v) is 4.02. The summed E-state index contributed by atoms with van der Waals surface area (Å²) >= 11 is 0. The van der Waals surface area contributed by atoms with E-state index in [1.165, 1.54) is 17.7 Å². The molecule has 0 N–H and O–H groups in total. The SMILES string of the molecule is CC.CCN1CC(c2ccc(C(F)F)cc2)C1. The molecule has 0 bridgehead atoms. The molecule has 2 rings (SSSR count). The number of rotatable bonds is 3. The molecule has 0 unspecified atom stereocenters. The first kappa shape index (κ1) is 14.1. The van der Waals surface area contributed by atoms with E-state index in [1.54, 1.807) is 0 Å². The third-order valence-corrected chi connectivity index (χ3v) is 3.06. The van der Waals surface area contributed by atoms with Crippen molar-refractivity contribution in [3.8, 4) is 0 Å². The molecule has 0 atom stereocenters. The highest BCUT2D eigenvalue weighted by Gasteiger charge is 2.26. The van der Waals surface area contributed by atoms with Crippen LogP contribution in [0.2, 0.25) is 0 Å². The topological polar surface area (TPSA) is 3.24 Å². The van der Waals surface area contributed by atoms with Crippen LogP contribution in [0.15, 0.2) is 24.3 Å². The van der Waals surface area contributed by atoms with Crippen molar-refractivity contribution >= 4 is 0 Å². The Kier molecular flexibility index (Phi) is 5.56. The first-order valence-corrected chi connectivity index (χ1v) is 6.31. The monoisotopic (exact) mass is 241 g/mol. The molecule has 1 aromatic carbocycles. The largest absolute Gasteiger partial charge is 0.302 e. The van der Waals surface area contributed by atoms with Crippen LogP contribution in [-0.4, -0.2) is 24.5 Å². The number of hydrogen-bond acceptors (Lipinski definition) is 1. The van der Waals surface area contributed by atoms with E-state index in [4.69, 9.17) is 0 Å². The standard InChI is InChI=1S/C12H15F2N.C2H6/c1-2-15-7-11(8-15)9-3-5-10(6-4-9)12(13)14;1-2/h3-6,11-12H,2,7-8H2,1H3;1-2H3. The van der Waals surface area contributed by atoms with Crippen LogP contribution in [0.4, 0.5) is 8.78 Å². The molecule has 1 aliphatic heterocycles. The third-order valence-electron chi connectivity index (χ3n) is 3.06. The molecule has 96 valence electrons. The number of halogens is 2. The van der Waals surface area contributed by atoms with Gasteiger partial charge in [0, 0.05) is 24.6 Å². The van der Waals surface area contributed by atoms with Crippen LogP contribution in [0, 0.1) is 0 Å². The zero-order chi connectivity index (χ0) is 12.8. The summed E-state index contributed by atoms with van der Waals surface area (Å²) in [5, 5.41) is 0. The number of alkyl halides is 2. The number of hydrogen-bond donors (Lipinski definition) is 0. The van der Waals surface area contributed by atoms with Gasteiger partial charge >= 0.3 is 0 Å². The Balaban J connectivity index is 0.000000686. The van der Waals surface area contributed by atoms with Crippen LogP contribution in [0.25, 0.3) is 0 Å². The Hall–Kier alpha value is -0.960. The molecular formula is C14H21F2N. The summed E-state index contributed by atoms with van der Waals surface area (Å²) in [5.41, 5.74) is 1.30. The van der Waals surface area contributed by atoms with Crippen molar-refractivity contribution in [1.82, 2.24) is 4.90 Å². The Labute approximate surface area is 102 Å². The van der Waals surface area contributed by atoms with Gasteiger partial charge in [0.1, 0.15) is 0 Å². The lowest BCUT2D eigenvalue weighted by atomic mass is 9.91. The average molecular weight is 241 g/mol. The maximum absolute atomic E-state index is 12.3. The van der Waals surface area contributed by atoms with Crippen molar-refractivity contribution in [3.63, 3.8) is 0 Å². The van der Waals surface area contributed by atoms with Gasteiger partial charge in [-0.2, -0.15) is 0 Å². The van der Waals surface area contributed by atoms with Gasteiger partial charge in [-0.3, -0.25) is 0 Å². The van der Waals surface area contributed by atoms with Gasteiger partial charge in [-0.15, -0.1) is 0 Å². The molecule has 1 heterocycles. The molecule has 1 fully saturated rings. The zero-order valence-electron chi connectivity index (χ0n) is 10.8. The zero-order valence-corrected chi connectivity index (χ0v) is 10.8. The van der Waals surface area contributed by atoms with E-state index in [2.05, 4.69) is 11.8 Å². The predicted molar refractivity (Wildman–Crippen MR) is 67.6 cm³/mol. The van der Waals surface area contributed by atoms with Crippen LogP contribution < -0.4 is 0 Å². The van der Waals surface area contributed by atoms with Crippen LogP contribution in [-0.2, 0) is 0 Å². The van der Waals surface area contributed by atoms with Gasteiger partial charge in [0.2, 0.25) is 0 Å². The van der Waals surface area contributed by atoms with Crippen molar-refractivity contribution < 1.29 is 8.78 Å². The lowest BCUT2D eigenvalue weighted by Crippen LogP contribution is -2.44. The van der Waals surface area contributed by atoms with E-state index in [1.807, 2.05) is 26.0 Å². The minimum atomic E-state index is -2.35. The Morgan fingerprint density at radius 1 is 1.18 bits per heavy atom. The van der Waals surface area contributed by atoms with E-state index in [0.717, 1.165) is 19.6 Å². The smallest absolute Gasteiger partial charge is 0.263 e. The maximum Gasteiger partial charge on any atom is 0.263 e. The van der Waals surface area contributed by atoms with Gasteiger partial charge in [-0.1, -0.05) is 45.0 Å². The normalized spacial score (nSPS) is 16.4. The number of likely N-dealkylation sites (N-methyl/N-ethyl adjacent to an activating group) is 1.